The molecule has 0 aromatic heterocycles. The monoisotopic (exact) mass is 209 g/mol. The van der Waals surface area contributed by atoms with Crippen LogP contribution in [0.15, 0.2) is 24.3 Å². The van der Waals surface area contributed by atoms with Crippen molar-refractivity contribution in [1.82, 2.24) is 0 Å². The van der Waals surface area contributed by atoms with E-state index in [2.05, 4.69) is 6.92 Å². The fourth-order valence-electron chi connectivity index (χ4n) is 1.17. The van der Waals surface area contributed by atoms with E-state index in [-0.39, 0.29) is 0 Å². The molecule has 1 aromatic rings. The highest BCUT2D eigenvalue weighted by Gasteiger charge is 2.02. The third-order valence-corrected chi connectivity index (χ3v) is 1.92. The van der Waals surface area contributed by atoms with Crippen LogP contribution < -0.4 is 15.2 Å². The maximum atomic E-state index is 5.57. The molecule has 84 valence electrons. The molecule has 0 aliphatic carbocycles. The Kier molecular flexibility index (Phi) is 5.63. The summed E-state index contributed by atoms with van der Waals surface area (Å²) in [4.78, 5) is 0. The van der Waals surface area contributed by atoms with Gasteiger partial charge < -0.3 is 15.2 Å². The summed E-state index contributed by atoms with van der Waals surface area (Å²) in [6, 6.07) is 7.73. The Morgan fingerprint density at radius 2 is 1.67 bits per heavy atom. The normalized spacial score (nSPS) is 10.0. The molecule has 0 saturated heterocycles. The van der Waals surface area contributed by atoms with Gasteiger partial charge in [0.05, 0.1) is 13.2 Å². The first-order chi connectivity index (χ1) is 7.38. The minimum Gasteiger partial charge on any atom is -0.490 e. The molecule has 0 unspecified atom stereocenters. The lowest BCUT2D eigenvalue weighted by Crippen LogP contribution is -2.07. The summed E-state index contributed by atoms with van der Waals surface area (Å²) >= 11 is 0. The standard InChI is InChI=1S/C12H19NO2/c1-2-9-14-11-6-3-4-7-12(11)15-10-5-8-13/h3-4,6-7H,2,5,8-10,13H2,1H3. The van der Waals surface area contributed by atoms with Crippen molar-refractivity contribution in [3.63, 3.8) is 0 Å². The zero-order valence-electron chi connectivity index (χ0n) is 9.24. The summed E-state index contributed by atoms with van der Waals surface area (Å²) < 4.78 is 11.1. The molecular formula is C12H19NO2. The second kappa shape index (κ2) is 7.12. The van der Waals surface area contributed by atoms with Crippen LogP contribution >= 0.6 is 0 Å². The SMILES string of the molecule is CCCOc1ccccc1OCCCN. The van der Waals surface area contributed by atoms with Gasteiger partial charge in [-0.25, -0.2) is 0 Å². The van der Waals surface area contributed by atoms with E-state index in [1.807, 2.05) is 24.3 Å². The summed E-state index contributed by atoms with van der Waals surface area (Å²) in [6.07, 6.45) is 1.86. The van der Waals surface area contributed by atoms with E-state index in [1.54, 1.807) is 0 Å². The predicted octanol–water partition coefficient (Wildman–Crippen LogP) is 2.20. The molecule has 0 radical (unpaired) electrons. The highest BCUT2D eigenvalue weighted by molar-refractivity contribution is 5.39. The molecular weight excluding hydrogens is 190 g/mol. The van der Waals surface area contributed by atoms with E-state index in [1.165, 1.54) is 0 Å². The Hall–Kier alpha value is -1.22. The molecule has 0 saturated carbocycles. The quantitative estimate of drug-likeness (QED) is 0.700. The Morgan fingerprint density at radius 3 is 2.20 bits per heavy atom. The summed E-state index contributed by atoms with van der Waals surface area (Å²) in [5.41, 5.74) is 5.40. The summed E-state index contributed by atoms with van der Waals surface area (Å²) in [5, 5.41) is 0. The van der Waals surface area contributed by atoms with E-state index in [9.17, 15) is 0 Å². The summed E-state index contributed by atoms with van der Waals surface area (Å²) in [5.74, 6) is 1.62. The second-order valence-corrected chi connectivity index (χ2v) is 3.29. The third kappa shape index (κ3) is 4.21. The molecule has 15 heavy (non-hydrogen) atoms. The first kappa shape index (κ1) is 11.9. The molecule has 0 aliphatic heterocycles. The molecule has 3 nitrogen and oxygen atoms in total. The first-order valence-electron chi connectivity index (χ1n) is 5.43. The minimum atomic E-state index is 0.642. The van der Waals surface area contributed by atoms with Crippen LogP contribution in [0.4, 0.5) is 0 Å². The van der Waals surface area contributed by atoms with Crippen molar-refractivity contribution in [2.75, 3.05) is 19.8 Å². The third-order valence-electron chi connectivity index (χ3n) is 1.92. The van der Waals surface area contributed by atoms with Crippen LogP contribution in [0.1, 0.15) is 19.8 Å². The molecule has 2 N–H and O–H groups in total. The molecule has 0 fully saturated rings. The van der Waals surface area contributed by atoms with Crippen LogP contribution in [0.2, 0.25) is 0 Å². The Bertz CT molecular complexity index is 276. The number of ether oxygens (including phenoxy) is 2. The number of nitrogens with two attached hydrogens (primary N) is 1. The van der Waals surface area contributed by atoms with Crippen LogP contribution in [0.3, 0.4) is 0 Å². The Morgan fingerprint density at radius 1 is 1.07 bits per heavy atom. The largest absolute Gasteiger partial charge is 0.490 e. The zero-order chi connectivity index (χ0) is 10.9. The lowest BCUT2D eigenvalue weighted by atomic mass is 10.3. The highest BCUT2D eigenvalue weighted by atomic mass is 16.5. The van der Waals surface area contributed by atoms with Gasteiger partial charge in [-0.2, -0.15) is 0 Å². The van der Waals surface area contributed by atoms with E-state index >= 15 is 0 Å². The maximum Gasteiger partial charge on any atom is 0.161 e. The molecule has 0 heterocycles. The van der Waals surface area contributed by atoms with Crippen molar-refractivity contribution in [2.45, 2.75) is 19.8 Å². The number of para-hydroxylation sites is 2. The van der Waals surface area contributed by atoms with E-state index in [0.717, 1.165) is 30.9 Å². The van der Waals surface area contributed by atoms with Gasteiger partial charge in [-0.15, -0.1) is 0 Å². The van der Waals surface area contributed by atoms with E-state index < -0.39 is 0 Å². The first-order valence-corrected chi connectivity index (χ1v) is 5.43. The van der Waals surface area contributed by atoms with Crippen LogP contribution in [0, 0.1) is 0 Å². The fraction of sp³-hybridized carbons (Fsp3) is 0.500. The summed E-state index contributed by atoms with van der Waals surface area (Å²) in [7, 11) is 0. The van der Waals surface area contributed by atoms with Gasteiger partial charge >= 0.3 is 0 Å². The molecule has 0 bridgehead atoms. The number of rotatable bonds is 7. The van der Waals surface area contributed by atoms with Crippen molar-refractivity contribution in [2.24, 2.45) is 5.73 Å². The van der Waals surface area contributed by atoms with Crippen molar-refractivity contribution >= 4 is 0 Å². The number of benzene rings is 1. The Balaban J connectivity index is 2.52. The van der Waals surface area contributed by atoms with Crippen molar-refractivity contribution < 1.29 is 9.47 Å². The topological polar surface area (TPSA) is 44.5 Å². The van der Waals surface area contributed by atoms with E-state index in [0.29, 0.717) is 13.2 Å². The lowest BCUT2D eigenvalue weighted by Gasteiger charge is -2.11. The van der Waals surface area contributed by atoms with Gasteiger partial charge in [0, 0.05) is 0 Å². The van der Waals surface area contributed by atoms with Crippen molar-refractivity contribution in [3.8, 4) is 11.5 Å². The fourth-order valence-corrected chi connectivity index (χ4v) is 1.17. The van der Waals surface area contributed by atoms with Gasteiger partial charge in [-0.1, -0.05) is 19.1 Å². The van der Waals surface area contributed by atoms with Crippen molar-refractivity contribution in [3.05, 3.63) is 24.3 Å². The predicted molar refractivity (Wildman–Crippen MR) is 61.4 cm³/mol. The summed E-state index contributed by atoms with van der Waals surface area (Å²) in [6.45, 7) is 4.09. The minimum absolute atomic E-state index is 0.642. The lowest BCUT2D eigenvalue weighted by molar-refractivity contribution is 0.267. The van der Waals surface area contributed by atoms with Gasteiger partial charge in [0.2, 0.25) is 0 Å². The van der Waals surface area contributed by atoms with Crippen LogP contribution in [0.25, 0.3) is 0 Å². The molecule has 3 heteroatoms. The second-order valence-electron chi connectivity index (χ2n) is 3.29. The molecule has 1 aromatic carbocycles. The highest BCUT2D eigenvalue weighted by Crippen LogP contribution is 2.26. The zero-order valence-corrected chi connectivity index (χ0v) is 9.24. The van der Waals surface area contributed by atoms with E-state index in [4.69, 9.17) is 15.2 Å². The molecule has 0 aliphatic rings. The molecule has 0 spiro atoms. The van der Waals surface area contributed by atoms with Crippen LogP contribution in [-0.4, -0.2) is 19.8 Å². The van der Waals surface area contributed by atoms with Gasteiger partial charge in [0.15, 0.2) is 11.5 Å². The number of hydrogen-bond acceptors (Lipinski definition) is 3. The number of hydrogen-bond donors (Lipinski definition) is 1. The van der Waals surface area contributed by atoms with Gasteiger partial charge in [0.1, 0.15) is 0 Å². The smallest absolute Gasteiger partial charge is 0.161 e. The maximum absolute atomic E-state index is 5.57. The molecule has 1 rings (SSSR count). The van der Waals surface area contributed by atoms with Gasteiger partial charge in [0.25, 0.3) is 0 Å². The average Bonchev–Trinajstić information content (AvgIpc) is 2.28. The average molecular weight is 209 g/mol. The van der Waals surface area contributed by atoms with Crippen LogP contribution in [0.5, 0.6) is 11.5 Å². The van der Waals surface area contributed by atoms with Crippen LogP contribution in [-0.2, 0) is 0 Å². The van der Waals surface area contributed by atoms with Gasteiger partial charge in [-0.05, 0) is 31.5 Å². The Labute approximate surface area is 91.2 Å². The molecule has 0 amide bonds. The molecule has 0 atom stereocenters. The van der Waals surface area contributed by atoms with Crippen molar-refractivity contribution in [1.29, 1.82) is 0 Å². The van der Waals surface area contributed by atoms with Gasteiger partial charge in [-0.3, -0.25) is 0 Å².